The minimum atomic E-state index is 0.282. The molecule has 1 fully saturated rings. The first-order valence-corrected chi connectivity index (χ1v) is 6.29. The molecule has 17 heavy (non-hydrogen) atoms. The van der Waals surface area contributed by atoms with E-state index in [2.05, 4.69) is 12.1 Å². The minimum Gasteiger partial charge on any atom is -0.493 e. The number of aliphatic hydroxyl groups is 1. The molecule has 0 bridgehead atoms. The van der Waals surface area contributed by atoms with Crippen LogP contribution in [0.25, 0.3) is 0 Å². The van der Waals surface area contributed by atoms with Gasteiger partial charge in [-0.05, 0) is 37.0 Å². The second-order valence-corrected chi connectivity index (χ2v) is 4.54. The van der Waals surface area contributed by atoms with Gasteiger partial charge in [-0.2, -0.15) is 0 Å². The molecule has 3 nitrogen and oxygen atoms in total. The Balaban J connectivity index is 1.72. The van der Waals surface area contributed by atoms with E-state index in [9.17, 15) is 0 Å². The van der Waals surface area contributed by atoms with Crippen LogP contribution in [-0.4, -0.2) is 31.5 Å². The summed E-state index contributed by atoms with van der Waals surface area (Å²) in [6.45, 7) is 2.70. The Bertz CT molecular complexity index is 317. The molecule has 0 aromatic heterocycles. The molecule has 2 rings (SSSR count). The van der Waals surface area contributed by atoms with Gasteiger partial charge in [0.1, 0.15) is 5.75 Å². The first-order chi connectivity index (χ1) is 8.38. The minimum absolute atomic E-state index is 0.282. The van der Waals surface area contributed by atoms with Gasteiger partial charge < -0.3 is 14.6 Å². The topological polar surface area (TPSA) is 38.7 Å². The molecule has 0 aliphatic carbocycles. The lowest BCUT2D eigenvalue weighted by atomic mass is 10.1. The summed E-state index contributed by atoms with van der Waals surface area (Å²) in [5.74, 6) is 1.50. The number of hydrogen-bond acceptors (Lipinski definition) is 3. The number of hydrogen-bond donors (Lipinski definition) is 1. The predicted molar refractivity (Wildman–Crippen MR) is 66.3 cm³/mol. The molecule has 1 aromatic rings. The van der Waals surface area contributed by atoms with Crippen molar-refractivity contribution in [2.24, 2.45) is 5.92 Å². The van der Waals surface area contributed by atoms with Crippen LogP contribution in [0.15, 0.2) is 24.3 Å². The van der Waals surface area contributed by atoms with Crippen LogP contribution < -0.4 is 4.74 Å². The number of unbranched alkanes of at least 4 members (excludes halogenated alkanes) is 1. The third-order valence-electron chi connectivity index (χ3n) is 2.99. The van der Waals surface area contributed by atoms with E-state index >= 15 is 0 Å². The van der Waals surface area contributed by atoms with Crippen LogP contribution in [0, 0.1) is 5.92 Å². The van der Waals surface area contributed by atoms with Crippen molar-refractivity contribution in [2.45, 2.75) is 19.3 Å². The number of rotatable bonds is 7. The molecular formula is C14H20O3. The van der Waals surface area contributed by atoms with E-state index in [0.717, 1.165) is 44.8 Å². The van der Waals surface area contributed by atoms with Crippen LogP contribution in [0.2, 0.25) is 0 Å². The smallest absolute Gasteiger partial charge is 0.119 e. The Morgan fingerprint density at radius 2 is 1.94 bits per heavy atom. The zero-order valence-electron chi connectivity index (χ0n) is 10.1. The van der Waals surface area contributed by atoms with Crippen LogP contribution >= 0.6 is 0 Å². The van der Waals surface area contributed by atoms with Gasteiger partial charge in [0.05, 0.1) is 19.8 Å². The summed E-state index contributed by atoms with van der Waals surface area (Å²) in [5.41, 5.74) is 1.30. The Hall–Kier alpha value is -1.06. The zero-order chi connectivity index (χ0) is 11.9. The van der Waals surface area contributed by atoms with Gasteiger partial charge in [-0.15, -0.1) is 0 Å². The molecule has 1 saturated heterocycles. The molecule has 1 aromatic carbocycles. The Kier molecular flexibility index (Phi) is 4.83. The summed E-state index contributed by atoms with van der Waals surface area (Å²) in [6.07, 6.45) is 2.94. The maximum atomic E-state index is 8.71. The van der Waals surface area contributed by atoms with E-state index in [1.165, 1.54) is 5.56 Å². The standard InChI is InChI=1S/C14H20O3/c15-8-2-1-3-12-4-6-14(7-5-12)17-11-13-9-16-10-13/h4-7,13,15H,1-3,8-11H2. The van der Waals surface area contributed by atoms with Crippen molar-refractivity contribution in [3.8, 4) is 5.75 Å². The lowest BCUT2D eigenvalue weighted by molar-refractivity contribution is -0.0508. The lowest BCUT2D eigenvalue weighted by Crippen LogP contribution is -2.32. The fourth-order valence-electron chi connectivity index (χ4n) is 1.79. The maximum absolute atomic E-state index is 8.71. The third-order valence-corrected chi connectivity index (χ3v) is 2.99. The molecular weight excluding hydrogens is 216 g/mol. The van der Waals surface area contributed by atoms with E-state index < -0.39 is 0 Å². The van der Waals surface area contributed by atoms with E-state index in [4.69, 9.17) is 14.6 Å². The van der Waals surface area contributed by atoms with Gasteiger partial charge in [-0.25, -0.2) is 0 Å². The van der Waals surface area contributed by atoms with Crippen molar-refractivity contribution in [1.82, 2.24) is 0 Å². The van der Waals surface area contributed by atoms with Crippen molar-refractivity contribution in [3.63, 3.8) is 0 Å². The fraction of sp³-hybridized carbons (Fsp3) is 0.571. The molecule has 0 saturated carbocycles. The quantitative estimate of drug-likeness (QED) is 0.736. The predicted octanol–water partition coefficient (Wildman–Crippen LogP) is 2.03. The van der Waals surface area contributed by atoms with Gasteiger partial charge in [-0.1, -0.05) is 12.1 Å². The summed E-state index contributed by atoms with van der Waals surface area (Å²) in [7, 11) is 0. The number of ether oxygens (including phenoxy) is 2. The van der Waals surface area contributed by atoms with Crippen LogP contribution in [0.5, 0.6) is 5.75 Å². The first kappa shape index (κ1) is 12.4. The Morgan fingerprint density at radius 3 is 2.53 bits per heavy atom. The van der Waals surface area contributed by atoms with Gasteiger partial charge in [0, 0.05) is 12.5 Å². The third kappa shape index (κ3) is 4.02. The summed E-state index contributed by atoms with van der Waals surface area (Å²) >= 11 is 0. The Morgan fingerprint density at radius 1 is 1.18 bits per heavy atom. The van der Waals surface area contributed by atoms with Gasteiger partial charge in [0.15, 0.2) is 0 Å². The molecule has 0 radical (unpaired) electrons. The number of aliphatic hydroxyl groups excluding tert-OH is 1. The fourth-order valence-corrected chi connectivity index (χ4v) is 1.79. The highest BCUT2D eigenvalue weighted by Crippen LogP contribution is 2.17. The van der Waals surface area contributed by atoms with Crippen LogP contribution in [0.3, 0.4) is 0 Å². The van der Waals surface area contributed by atoms with E-state index in [1.807, 2.05) is 12.1 Å². The highest BCUT2D eigenvalue weighted by atomic mass is 16.5. The highest BCUT2D eigenvalue weighted by Gasteiger charge is 2.18. The zero-order valence-corrected chi connectivity index (χ0v) is 10.1. The summed E-state index contributed by atoms with van der Waals surface area (Å²) in [5, 5.41) is 8.71. The van der Waals surface area contributed by atoms with Crippen molar-refractivity contribution in [3.05, 3.63) is 29.8 Å². The maximum Gasteiger partial charge on any atom is 0.119 e. The van der Waals surface area contributed by atoms with Crippen molar-refractivity contribution in [1.29, 1.82) is 0 Å². The SMILES string of the molecule is OCCCCc1ccc(OCC2COC2)cc1. The summed E-state index contributed by atoms with van der Waals surface area (Å²) in [6, 6.07) is 8.25. The molecule has 0 unspecified atom stereocenters. The van der Waals surface area contributed by atoms with Crippen LogP contribution in [0.4, 0.5) is 0 Å². The molecule has 1 aliphatic heterocycles. The van der Waals surface area contributed by atoms with Crippen molar-refractivity contribution >= 4 is 0 Å². The van der Waals surface area contributed by atoms with Gasteiger partial charge in [-0.3, -0.25) is 0 Å². The van der Waals surface area contributed by atoms with Gasteiger partial charge in [0.2, 0.25) is 0 Å². The Labute approximate surface area is 102 Å². The molecule has 1 aliphatic rings. The largest absolute Gasteiger partial charge is 0.493 e. The van der Waals surface area contributed by atoms with Gasteiger partial charge >= 0.3 is 0 Å². The van der Waals surface area contributed by atoms with E-state index in [1.54, 1.807) is 0 Å². The second-order valence-electron chi connectivity index (χ2n) is 4.54. The van der Waals surface area contributed by atoms with E-state index in [-0.39, 0.29) is 6.61 Å². The van der Waals surface area contributed by atoms with Crippen molar-refractivity contribution < 1.29 is 14.6 Å². The van der Waals surface area contributed by atoms with Crippen LogP contribution in [-0.2, 0) is 11.2 Å². The molecule has 1 N–H and O–H groups in total. The monoisotopic (exact) mass is 236 g/mol. The van der Waals surface area contributed by atoms with Crippen molar-refractivity contribution in [2.75, 3.05) is 26.4 Å². The van der Waals surface area contributed by atoms with E-state index in [0.29, 0.717) is 5.92 Å². The summed E-state index contributed by atoms with van der Waals surface area (Å²) in [4.78, 5) is 0. The highest BCUT2D eigenvalue weighted by molar-refractivity contribution is 5.27. The van der Waals surface area contributed by atoms with Gasteiger partial charge in [0.25, 0.3) is 0 Å². The molecule has 0 atom stereocenters. The molecule has 1 heterocycles. The second kappa shape index (κ2) is 6.62. The normalized spacial score (nSPS) is 15.6. The number of benzene rings is 1. The molecule has 0 amide bonds. The molecule has 3 heteroatoms. The number of aryl methyl sites for hydroxylation is 1. The summed E-state index contributed by atoms with van der Waals surface area (Å²) < 4.78 is 10.8. The average molecular weight is 236 g/mol. The first-order valence-electron chi connectivity index (χ1n) is 6.29. The lowest BCUT2D eigenvalue weighted by Gasteiger charge is -2.25. The molecule has 0 spiro atoms. The van der Waals surface area contributed by atoms with Crippen LogP contribution in [0.1, 0.15) is 18.4 Å². The average Bonchev–Trinajstić information content (AvgIpc) is 2.29. The molecule has 94 valence electrons.